The first kappa shape index (κ1) is 23.4. The van der Waals surface area contributed by atoms with Gasteiger partial charge in [-0.3, -0.25) is 4.79 Å². The average Bonchev–Trinajstić information content (AvgIpc) is 2.76. The van der Waals surface area contributed by atoms with Gasteiger partial charge in [0.1, 0.15) is 30.8 Å². The van der Waals surface area contributed by atoms with Crippen LogP contribution in [0.2, 0.25) is 0 Å². The number of carboxylic acids is 1. The van der Waals surface area contributed by atoms with E-state index in [1.165, 1.54) is 5.56 Å². The molecule has 0 bridgehead atoms. The largest absolute Gasteiger partial charge is 0.491 e. The van der Waals surface area contributed by atoms with E-state index < -0.39 is 12.1 Å². The van der Waals surface area contributed by atoms with Gasteiger partial charge in [-0.2, -0.15) is 0 Å². The van der Waals surface area contributed by atoms with Gasteiger partial charge < -0.3 is 19.7 Å². The summed E-state index contributed by atoms with van der Waals surface area (Å²) in [5, 5.41) is 19.2. The molecule has 2 N–H and O–H groups in total. The lowest BCUT2D eigenvalue weighted by Crippen LogP contribution is -2.25. The summed E-state index contributed by atoms with van der Waals surface area (Å²) in [6.45, 7) is 6.74. The van der Waals surface area contributed by atoms with E-state index in [0.717, 1.165) is 16.7 Å². The van der Waals surface area contributed by atoms with Gasteiger partial charge in [0.25, 0.3) is 0 Å². The molecule has 0 fully saturated rings. The van der Waals surface area contributed by atoms with E-state index >= 15 is 0 Å². The van der Waals surface area contributed by atoms with Gasteiger partial charge in [-0.1, -0.05) is 69.3 Å². The molecule has 0 aliphatic carbocycles. The smallest absolute Gasteiger partial charge is 0.307 e. The molecule has 0 aliphatic heterocycles. The van der Waals surface area contributed by atoms with E-state index in [2.05, 4.69) is 20.8 Å². The molecule has 0 heterocycles. The highest BCUT2D eigenvalue weighted by Crippen LogP contribution is 2.25. The quantitative estimate of drug-likeness (QED) is 0.490. The van der Waals surface area contributed by atoms with Gasteiger partial charge in [-0.25, -0.2) is 0 Å². The molecule has 32 heavy (non-hydrogen) atoms. The Morgan fingerprint density at radius 1 is 0.844 bits per heavy atom. The maximum atomic E-state index is 10.9. The maximum absolute atomic E-state index is 10.9. The van der Waals surface area contributed by atoms with Crippen molar-refractivity contribution in [2.24, 2.45) is 0 Å². The minimum Gasteiger partial charge on any atom is -0.491 e. The van der Waals surface area contributed by atoms with Crippen LogP contribution < -0.4 is 9.47 Å². The van der Waals surface area contributed by atoms with Crippen molar-refractivity contribution in [3.63, 3.8) is 0 Å². The fourth-order valence-electron chi connectivity index (χ4n) is 3.26. The molecule has 0 saturated heterocycles. The molecule has 1 unspecified atom stereocenters. The van der Waals surface area contributed by atoms with E-state index in [9.17, 15) is 9.90 Å². The third kappa shape index (κ3) is 6.86. The topological polar surface area (TPSA) is 76.0 Å². The molecular formula is C27H30O5. The molecule has 3 rings (SSSR count). The molecule has 0 saturated carbocycles. The molecule has 0 spiro atoms. The van der Waals surface area contributed by atoms with Gasteiger partial charge in [-0.05, 0) is 51.9 Å². The number of benzene rings is 3. The molecule has 3 aromatic carbocycles. The molecule has 0 amide bonds. The summed E-state index contributed by atoms with van der Waals surface area (Å²) in [5.41, 5.74) is 3.98. The highest BCUT2D eigenvalue weighted by atomic mass is 16.5. The van der Waals surface area contributed by atoms with Crippen LogP contribution in [-0.4, -0.2) is 35.5 Å². The van der Waals surface area contributed by atoms with Crippen molar-refractivity contribution in [2.75, 3.05) is 13.2 Å². The number of aliphatic hydroxyl groups is 1. The predicted octanol–water partition coefficient (Wildman–Crippen LogP) is 5.10. The molecule has 3 aromatic rings. The zero-order valence-corrected chi connectivity index (χ0v) is 18.7. The summed E-state index contributed by atoms with van der Waals surface area (Å²) < 4.78 is 11.3. The first-order valence-electron chi connectivity index (χ1n) is 10.7. The van der Waals surface area contributed by atoms with Gasteiger partial charge in [0, 0.05) is 0 Å². The Balaban J connectivity index is 1.49. The summed E-state index contributed by atoms with van der Waals surface area (Å²) in [6, 6.07) is 22.9. The standard InChI is InChI=1S/C27H30O5/c1-27(2,3)22-9-13-25(14-10-22)32-18-23(28)17-31-24-11-7-20(8-12-24)21-6-4-5-19(15-21)16-26(29)30/h4-15,23,28H,16-18H2,1-3H3,(H,29,30). The highest BCUT2D eigenvalue weighted by molar-refractivity contribution is 5.72. The van der Waals surface area contributed by atoms with E-state index in [4.69, 9.17) is 14.6 Å². The Hall–Kier alpha value is -3.31. The summed E-state index contributed by atoms with van der Waals surface area (Å²) in [6.07, 6.45) is -0.764. The van der Waals surface area contributed by atoms with E-state index in [1.54, 1.807) is 6.07 Å². The van der Waals surface area contributed by atoms with Gasteiger partial charge in [0.15, 0.2) is 0 Å². The van der Waals surface area contributed by atoms with Gasteiger partial charge in [0.2, 0.25) is 0 Å². The van der Waals surface area contributed by atoms with Crippen LogP contribution in [0.1, 0.15) is 31.9 Å². The van der Waals surface area contributed by atoms with Crippen molar-refractivity contribution < 1.29 is 24.5 Å². The van der Waals surface area contributed by atoms with Crippen LogP contribution in [0.25, 0.3) is 11.1 Å². The Morgan fingerprint density at radius 3 is 1.94 bits per heavy atom. The minimum absolute atomic E-state index is 0.00424. The lowest BCUT2D eigenvalue weighted by molar-refractivity contribution is -0.136. The fourth-order valence-corrected chi connectivity index (χ4v) is 3.26. The monoisotopic (exact) mass is 434 g/mol. The highest BCUT2D eigenvalue weighted by Gasteiger charge is 2.13. The first-order chi connectivity index (χ1) is 15.2. The lowest BCUT2D eigenvalue weighted by Gasteiger charge is -2.19. The Morgan fingerprint density at radius 2 is 1.41 bits per heavy atom. The summed E-state index contributed by atoms with van der Waals surface area (Å²) in [4.78, 5) is 10.9. The maximum Gasteiger partial charge on any atom is 0.307 e. The summed E-state index contributed by atoms with van der Waals surface area (Å²) >= 11 is 0. The number of rotatable bonds is 9. The number of ether oxygens (including phenoxy) is 2. The summed E-state index contributed by atoms with van der Waals surface area (Å²) in [5.74, 6) is 0.505. The molecule has 0 radical (unpaired) electrons. The van der Waals surface area contributed by atoms with Crippen LogP contribution in [0.5, 0.6) is 11.5 Å². The summed E-state index contributed by atoms with van der Waals surface area (Å²) in [7, 11) is 0. The van der Waals surface area contributed by atoms with Crippen LogP contribution in [0.4, 0.5) is 0 Å². The van der Waals surface area contributed by atoms with Crippen LogP contribution >= 0.6 is 0 Å². The zero-order valence-electron chi connectivity index (χ0n) is 18.7. The number of hydrogen-bond donors (Lipinski definition) is 2. The van der Waals surface area contributed by atoms with Crippen LogP contribution in [0.15, 0.2) is 72.8 Å². The molecule has 5 nitrogen and oxygen atoms in total. The lowest BCUT2D eigenvalue weighted by atomic mass is 9.87. The van der Waals surface area contributed by atoms with E-state index in [-0.39, 0.29) is 25.0 Å². The molecule has 0 aromatic heterocycles. The van der Waals surface area contributed by atoms with Gasteiger partial charge in [0.05, 0.1) is 6.42 Å². The zero-order chi connectivity index (χ0) is 23.1. The second-order valence-corrected chi connectivity index (χ2v) is 8.85. The number of carbonyl (C=O) groups is 1. The van der Waals surface area contributed by atoms with E-state index in [1.807, 2.05) is 66.7 Å². The van der Waals surface area contributed by atoms with Crippen molar-refractivity contribution in [2.45, 2.75) is 38.7 Å². The number of hydrogen-bond acceptors (Lipinski definition) is 4. The SMILES string of the molecule is CC(C)(C)c1ccc(OCC(O)COc2ccc(-c3cccc(CC(=O)O)c3)cc2)cc1. The van der Waals surface area contributed by atoms with Crippen LogP contribution in [-0.2, 0) is 16.6 Å². The Labute approximate surface area is 189 Å². The Bertz CT molecular complexity index is 1020. The van der Waals surface area contributed by atoms with Gasteiger partial charge >= 0.3 is 5.97 Å². The average molecular weight is 435 g/mol. The molecule has 168 valence electrons. The van der Waals surface area contributed by atoms with Crippen molar-refractivity contribution in [1.29, 1.82) is 0 Å². The normalized spacial score (nSPS) is 12.2. The number of aliphatic hydroxyl groups excluding tert-OH is 1. The third-order valence-electron chi connectivity index (χ3n) is 5.08. The molecule has 5 heteroatoms. The second-order valence-electron chi connectivity index (χ2n) is 8.85. The first-order valence-corrected chi connectivity index (χ1v) is 10.7. The van der Waals surface area contributed by atoms with Crippen LogP contribution in [0.3, 0.4) is 0 Å². The third-order valence-corrected chi connectivity index (χ3v) is 5.08. The Kier molecular flexibility index (Phi) is 7.54. The van der Waals surface area contributed by atoms with Gasteiger partial charge in [-0.15, -0.1) is 0 Å². The van der Waals surface area contributed by atoms with Crippen LogP contribution in [0, 0.1) is 0 Å². The second kappa shape index (κ2) is 10.3. The molecular weight excluding hydrogens is 404 g/mol. The molecule has 1 atom stereocenters. The van der Waals surface area contributed by atoms with Crippen molar-refractivity contribution >= 4 is 5.97 Å². The number of aliphatic carboxylic acids is 1. The fraction of sp³-hybridized carbons (Fsp3) is 0.296. The van der Waals surface area contributed by atoms with Crippen molar-refractivity contribution in [3.8, 4) is 22.6 Å². The van der Waals surface area contributed by atoms with E-state index in [0.29, 0.717) is 11.5 Å². The van der Waals surface area contributed by atoms with Crippen molar-refractivity contribution in [1.82, 2.24) is 0 Å². The number of carboxylic acid groups (broad SMARTS) is 1. The molecule has 0 aliphatic rings. The van der Waals surface area contributed by atoms with Crippen molar-refractivity contribution in [3.05, 3.63) is 83.9 Å². The predicted molar refractivity (Wildman–Crippen MR) is 125 cm³/mol. The minimum atomic E-state index is -0.852.